The highest BCUT2D eigenvalue weighted by Crippen LogP contribution is 2.22. The first-order valence-corrected chi connectivity index (χ1v) is 6.80. The molecule has 5 heteroatoms. The van der Waals surface area contributed by atoms with Gasteiger partial charge in [0, 0.05) is 24.4 Å². The average Bonchev–Trinajstić information content (AvgIpc) is 2.55. The standard InChI is InChI=1S/C14H17ClN2O2/c15-12-7-10(8-16)5-6-11(12)9-17-13(18)3-1-2-4-14(17)19/h5-7H,1-4,8-9,16H2. The summed E-state index contributed by atoms with van der Waals surface area (Å²) < 4.78 is 0. The molecule has 2 rings (SSSR count). The molecule has 2 N–H and O–H groups in total. The molecule has 1 aliphatic rings. The van der Waals surface area contributed by atoms with Gasteiger partial charge in [0.2, 0.25) is 11.8 Å². The van der Waals surface area contributed by atoms with Crippen molar-refractivity contribution in [3.8, 4) is 0 Å². The minimum Gasteiger partial charge on any atom is -0.326 e. The van der Waals surface area contributed by atoms with Crippen LogP contribution in [0.15, 0.2) is 18.2 Å². The molecular formula is C14H17ClN2O2. The van der Waals surface area contributed by atoms with Gasteiger partial charge in [0.05, 0.1) is 6.54 Å². The first-order chi connectivity index (χ1) is 9.11. The van der Waals surface area contributed by atoms with Crippen molar-refractivity contribution in [1.82, 2.24) is 4.90 Å². The smallest absolute Gasteiger partial charge is 0.229 e. The van der Waals surface area contributed by atoms with Crippen molar-refractivity contribution in [3.63, 3.8) is 0 Å². The largest absolute Gasteiger partial charge is 0.326 e. The number of likely N-dealkylation sites (tertiary alicyclic amines) is 1. The zero-order chi connectivity index (χ0) is 13.8. The van der Waals surface area contributed by atoms with Crippen molar-refractivity contribution in [3.05, 3.63) is 34.3 Å². The van der Waals surface area contributed by atoms with E-state index in [1.54, 1.807) is 6.07 Å². The van der Waals surface area contributed by atoms with Gasteiger partial charge in [-0.1, -0.05) is 23.7 Å². The molecule has 0 radical (unpaired) electrons. The van der Waals surface area contributed by atoms with Crippen LogP contribution in [-0.2, 0) is 22.7 Å². The molecule has 102 valence electrons. The summed E-state index contributed by atoms with van der Waals surface area (Å²) in [4.78, 5) is 25.1. The Morgan fingerprint density at radius 1 is 1.16 bits per heavy atom. The third kappa shape index (κ3) is 3.33. The molecule has 0 aliphatic carbocycles. The van der Waals surface area contributed by atoms with Gasteiger partial charge in [-0.2, -0.15) is 0 Å². The maximum absolute atomic E-state index is 11.9. The molecule has 1 fully saturated rings. The summed E-state index contributed by atoms with van der Waals surface area (Å²) in [5.41, 5.74) is 7.25. The van der Waals surface area contributed by atoms with E-state index in [0.717, 1.165) is 24.0 Å². The Bertz CT molecular complexity index is 484. The molecule has 1 heterocycles. The summed E-state index contributed by atoms with van der Waals surface area (Å²) in [6.07, 6.45) is 2.43. The van der Waals surface area contributed by atoms with E-state index in [9.17, 15) is 9.59 Å². The summed E-state index contributed by atoms with van der Waals surface area (Å²) in [7, 11) is 0. The van der Waals surface area contributed by atoms with Gasteiger partial charge in [-0.05, 0) is 30.0 Å². The number of carbonyl (C=O) groups is 2. The van der Waals surface area contributed by atoms with E-state index < -0.39 is 0 Å². The molecule has 4 nitrogen and oxygen atoms in total. The van der Waals surface area contributed by atoms with E-state index >= 15 is 0 Å². The summed E-state index contributed by atoms with van der Waals surface area (Å²) >= 11 is 6.16. The van der Waals surface area contributed by atoms with Crippen LogP contribution in [0.25, 0.3) is 0 Å². The van der Waals surface area contributed by atoms with Crippen molar-refractivity contribution in [1.29, 1.82) is 0 Å². The molecule has 0 unspecified atom stereocenters. The van der Waals surface area contributed by atoms with Gasteiger partial charge in [0.15, 0.2) is 0 Å². The number of hydrogen-bond acceptors (Lipinski definition) is 3. The Morgan fingerprint density at radius 2 is 1.79 bits per heavy atom. The number of nitrogens with two attached hydrogens (primary N) is 1. The van der Waals surface area contributed by atoms with E-state index in [0.29, 0.717) is 24.4 Å². The van der Waals surface area contributed by atoms with Crippen molar-refractivity contribution >= 4 is 23.4 Å². The Hall–Kier alpha value is -1.39. The minimum atomic E-state index is -0.110. The van der Waals surface area contributed by atoms with Crippen molar-refractivity contribution in [2.24, 2.45) is 5.73 Å². The van der Waals surface area contributed by atoms with Gasteiger partial charge in [0.1, 0.15) is 0 Å². The van der Waals surface area contributed by atoms with E-state index in [4.69, 9.17) is 17.3 Å². The topological polar surface area (TPSA) is 63.4 Å². The lowest BCUT2D eigenvalue weighted by atomic mass is 10.1. The van der Waals surface area contributed by atoms with Gasteiger partial charge in [-0.15, -0.1) is 0 Å². The second kappa shape index (κ2) is 6.17. The first kappa shape index (κ1) is 14.0. The van der Waals surface area contributed by atoms with E-state index in [2.05, 4.69) is 0 Å². The number of amides is 2. The quantitative estimate of drug-likeness (QED) is 0.864. The number of nitrogens with zero attached hydrogens (tertiary/aromatic N) is 1. The number of benzene rings is 1. The Balaban J connectivity index is 2.19. The van der Waals surface area contributed by atoms with Gasteiger partial charge < -0.3 is 5.73 Å². The zero-order valence-electron chi connectivity index (χ0n) is 10.7. The average molecular weight is 281 g/mol. The van der Waals surface area contributed by atoms with E-state index in [-0.39, 0.29) is 18.4 Å². The number of carbonyl (C=O) groups excluding carboxylic acids is 2. The predicted molar refractivity (Wildman–Crippen MR) is 73.4 cm³/mol. The van der Waals surface area contributed by atoms with Crippen molar-refractivity contribution < 1.29 is 9.59 Å². The molecule has 19 heavy (non-hydrogen) atoms. The van der Waals surface area contributed by atoms with Crippen LogP contribution >= 0.6 is 11.6 Å². The molecule has 0 spiro atoms. The molecule has 2 amide bonds. The minimum absolute atomic E-state index is 0.110. The maximum Gasteiger partial charge on any atom is 0.229 e. The van der Waals surface area contributed by atoms with Gasteiger partial charge in [0.25, 0.3) is 0 Å². The van der Waals surface area contributed by atoms with Crippen LogP contribution in [0.2, 0.25) is 5.02 Å². The molecule has 0 saturated carbocycles. The van der Waals surface area contributed by atoms with Gasteiger partial charge in [-0.25, -0.2) is 0 Å². The lowest BCUT2D eigenvalue weighted by Gasteiger charge is -2.19. The molecular weight excluding hydrogens is 264 g/mol. The monoisotopic (exact) mass is 280 g/mol. The Morgan fingerprint density at radius 3 is 2.32 bits per heavy atom. The van der Waals surface area contributed by atoms with Crippen LogP contribution in [0.3, 0.4) is 0 Å². The number of halogens is 1. The van der Waals surface area contributed by atoms with E-state index in [1.165, 1.54) is 4.90 Å². The molecule has 1 aliphatic heterocycles. The van der Waals surface area contributed by atoms with Crippen molar-refractivity contribution in [2.45, 2.75) is 38.8 Å². The van der Waals surface area contributed by atoms with Crippen molar-refractivity contribution in [2.75, 3.05) is 0 Å². The summed E-state index contributed by atoms with van der Waals surface area (Å²) in [6.45, 7) is 0.670. The molecule has 0 bridgehead atoms. The van der Waals surface area contributed by atoms with E-state index in [1.807, 2.05) is 12.1 Å². The molecule has 0 atom stereocenters. The molecule has 1 saturated heterocycles. The number of imide groups is 1. The van der Waals surface area contributed by atoms with Gasteiger partial charge >= 0.3 is 0 Å². The second-order valence-electron chi connectivity index (χ2n) is 4.71. The fourth-order valence-corrected chi connectivity index (χ4v) is 2.42. The predicted octanol–water partition coefficient (Wildman–Crippen LogP) is 2.23. The first-order valence-electron chi connectivity index (χ1n) is 6.42. The zero-order valence-corrected chi connectivity index (χ0v) is 11.4. The lowest BCUT2D eigenvalue weighted by Crippen LogP contribution is -2.34. The fourth-order valence-electron chi connectivity index (χ4n) is 2.15. The normalized spacial score (nSPS) is 16.6. The highest BCUT2D eigenvalue weighted by Gasteiger charge is 2.24. The van der Waals surface area contributed by atoms with Crippen LogP contribution in [0.4, 0.5) is 0 Å². The van der Waals surface area contributed by atoms with Gasteiger partial charge in [-0.3, -0.25) is 14.5 Å². The van der Waals surface area contributed by atoms with Crippen LogP contribution in [0.5, 0.6) is 0 Å². The molecule has 1 aromatic rings. The highest BCUT2D eigenvalue weighted by molar-refractivity contribution is 6.31. The van der Waals surface area contributed by atoms with Crippen LogP contribution in [0, 0.1) is 0 Å². The van der Waals surface area contributed by atoms with Crippen LogP contribution in [0.1, 0.15) is 36.8 Å². The third-order valence-electron chi connectivity index (χ3n) is 3.32. The number of rotatable bonds is 3. The summed E-state index contributed by atoms with van der Waals surface area (Å²) in [5, 5.41) is 0.549. The third-order valence-corrected chi connectivity index (χ3v) is 3.67. The summed E-state index contributed by atoms with van der Waals surface area (Å²) in [5.74, 6) is -0.220. The Kier molecular flexibility index (Phi) is 4.56. The molecule has 0 aromatic heterocycles. The number of hydrogen-bond donors (Lipinski definition) is 1. The molecule has 1 aromatic carbocycles. The summed E-state index contributed by atoms with van der Waals surface area (Å²) in [6, 6.07) is 5.48. The second-order valence-corrected chi connectivity index (χ2v) is 5.12. The lowest BCUT2D eigenvalue weighted by molar-refractivity contribution is -0.144. The fraction of sp³-hybridized carbons (Fsp3) is 0.429. The Labute approximate surface area is 117 Å². The SMILES string of the molecule is NCc1ccc(CN2C(=O)CCCCC2=O)c(Cl)c1. The van der Waals surface area contributed by atoms with Crippen LogP contribution in [-0.4, -0.2) is 16.7 Å². The highest BCUT2D eigenvalue weighted by atomic mass is 35.5. The maximum atomic E-state index is 11.9. The van der Waals surface area contributed by atoms with Crippen LogP contribution < -0.4 is 5.73 Å².